The van der Waals surface area contributed by atoms with E-state index in [0.717, 1.165) is 48.6 Å². The quantitative estimate of drug-likeness (QED) is 0.684. The normalized spacial score (nSPS) is 13.4. The predicted octanol–water partition coefficient (Wildman–Crippen LogP) is 4.64. The number of ether oxygens (including phenoxy) is 1. The SMILES string of the molecule is O=C(c1ccc(Nc2ccc(OCc3ccccc3)cc2)cn1)N1CCCC1. The van der Waals surface area contributed by atoms with Gasteiger partial charge in [-0.25, -0.2) is 4.98 Å². The molecule has 142 valence electrons. The van der Waals surface area contributed by atoms with Gasteiger partial charge in [0.25, 0.3) is 5.91 Å². The number of rotatable bonds is 6. The molecule has 1 saturated heterocycles. The number of hydrogen-bond acceptors (Lipinski definition) is 4. The first-order chi connectivity index (χ1) is 13.8. The van der Waals surface area contributed by atoms with Crippen LogP contribution in [-0.4, -0.2) is 28.9 Å². The summed E-state index contributed by atoms with van der Waals surface area (Å²) < 4.78 is 5.81. The first-order valence-electron chi connectivity index (χ1n) is 9.57. The molecule has 1 aliphatic rings. The van der Waals surface area contributed by atoms with Gasteiger partial charge < -0.3 is 15.0 Å². The fourth-order valence-corrected chi connectivity index (χ4v) is 3.22. The smallest absolute Gasteiger partial charge is 0.272 e. The van der Waals surface area contributed by atoms with Crippen LogP contribution >= 0.6 is 0 Å². The van der Waals surface area contributed by atoms with Crippen molar-refractivity contribution >= 4 is 17.3 Å². The molecule has 0 unspecified atom stereocenters. The molecular weight excluding hydrogens is 350 g/mol. The lowest BCUT2D eigenvalue weighted by molar-refractivity contribution is 0.0787. The van der Waals surface area contributed by atoms with Gasteiger partial charge in [0.1, 0.15) is 18.1 Å². The lowest BCUT2D eigenvalue weighted by Gasteiger charge is -2.14. The van der Waals surface area contributed by atoms with Crippen molar-refractivity contribution in [2.75, 3.05) is 18.4 Å². The van der Waals surface area contributed by atoms with Gasteiger partial charge in [0.15, 0.2) is 0 Å². The van der Waals surface area contributed by atoms with Gasteiger partial charge in [-0.05, 0) is 54.8 Å². The number of benzene rings is 2. The Morgan fingerprint density at radius 3 is 2.32 bits per heavy atom. The molecule has 1 fully saturated rings. The highest BCUT2D eigenvalue weighted by Gasteiger charge is 2.20. The first-order valence-corrected chi connectivity index (χ1v) is 9.57. The second-order valence-electron chi connectivity index (χ2n) is 6.86. The molecule has 28 heavy (non-hydrogen) atoms. The summed E-state index contributed by atoms with van der Waals surface area (Å²) in [5, 5.41) is 3.30. The number of nitrogens with zero attached hydrogens (tertiary/aromatic N) is 2. The number of aromatic nitrogens is 1. The molecule has 1 aromatic heterocycles. The van der Waals surface area contributed by atoms with Crippen molar-refractivity contribution < 1.29 is 9.53 Å². The van der Waals surface area contributed by atoms with Crippen molar-refractivity contribution in [2.24, 2.45) is 0 Å². The molecule has 0 aliphatic carbocycles. The minimum Gasteiger partial charge on any atom is -0.489 e. The Kier molecular flexibility index (Phi) is 5.52. The third-order valence-electron chi connectivity index (χ3n) is 4.77. The van der Waals surface area contributed by atoms with Crippen LogP contribution in [-0.2, 0) is 6.61 Å². The summed E-state index contributed by atoms with van der Waals surface area (Å²) in [7, 11) is 0. The Labute approximate surface area is 165 Å². The summed E-state index contributed by atoms with van der Waals surface area (Å²) in [6.45, 7) is 2.21. The summed E-state index contributed by atoms with van der Waals surface area (Å²) in [6.07, 6.45) is 3.86. The Morgan fingerprint density at radius 1 is 0.929 bits per heavy atom. The number of carbonyl (C=O) groups excluding carboxylic acids is 1. The van der Waals surface area contributed by atoms with Gasteiger partial charge >= 0.3 is 0 Å². The standard InChI is InChI=1S/C23H23N3O2/c27-23(26-14-4-5-15-26)22-13-10-20(16-24-22)25-19-8-11-21(12-9-19)28-17-18-6-2-1-3-7-18/h1-3,6-13,16,25H,4-5,14-15,17H2. The van der Waals surface area contributed by atoms with Gasteiger partial charge in [-0.15, -0.1) is 0 Å². The van der Waals surface area contributed by atoms with Crippen LogP contribution in [0, 0.1) is 0 Å². The number of likely N-dealkylation sites (tertiary alicyclic amines) is 1. The molecule has 0 bridgehead atoms. The molecule has 0 saturated carbocycles. The first kappa shape index (κ1) is 18.0. The number of pyridine rings is 1. The largest absolute Gasteiger partial charge is 0.489 e. The fourth-order valence-electron chi connectivity index (χ4n) is 3.22. The third kappa shape index (κ3) is 4.49. The Hall–Kier alpha value is -3.34. The zero-order chi connectivity index (χ0) is 19.2. The monoisotopic (exact) mass is 373 g/mol. The highest BCUT2D eigenvalue weighted by Crippen LogP contribution is 2.21. The van der Waals surface area contributed by atoms with Crippen LogP contribution in [0.3, 0.4) is 0 Å². The topological polar surface area (TPSA) is 54.5 Å². The second-order valence-corrected chi connectivity index (χ2v) is 6.86. The van der Waals surface area contributed by atoms with E-state index in [4.69, 9.17) is 4.74 Å². The fraction of sp³-hybridized carbons (Fsp3) is 0.217. The molecular formula is C23H23N3O2. The number of nitrogens with one attached hydrogen (secondary N) is 1. The highest BCUT2D eigenvalue weighted by atomic mass is 16.5. The summed E-state index contributed by atoms with van der Waals surface area (Å²) in [4.78, 5) is 18.5. The maximum Gasteiger partial charge on any atom is 0.272 e. The van der Waals surface area contributed by atoms with Crippen molar-refractivity contribution in [3.63, 3.8) is 0 Å². The van der Waals surface area contributed by atoms with E-state index in [1.165, 1.54) is 0 Å². The molecule has 1 N–H and O–H groups in total. The summed E-state index contributed by atoms with van der Waals surface area (Å²) in [5.41, 5.74) is 3.42. The second kappa shape index (κ2) is 8.57. The van der Waals surface area contributed by atoms with Crippen molar-refractivity contribution in [1.29, 1.82) is 0 Å². The average Bonchev–Trinajstić information content (AvgIpc) is 3.29. The van der Waals surface area contributed by atoms with E-state index in [0.29, 0.717) is 12.3 Å². The van der Waals surface area contributed by atoms with E-state index in [2.05, 4.69) is 10.3 Å². The minimum absolute atomic E-state index is 0.0176. The molecule has 5 nitrogen and oxygen atoms in total. The summed E-state index contributed by atoms with van der Waals surface area (Å²) >= 11 is 0. The predicted molar refractivity (Wildman–Crippen MR) is 110 cm³/mol. The van der Waals surface area contributed by atoms with Gasteiger partial charge in [0.2, 0.25) is 0 Å². The van der Waals surface area contributed by atoms with Crippen molar-refractivity contribution in [3.05, 3.63) is 84.2 Å². The molecule has 5 heteroatoms. The lowest BCUT2D eigenvalue weighted by atomic mass is 10.2. The van der Waals surface area contributed by atoms with Crippen LogP contribution in [0.5, 0.6) is 5.75 Å². The number of carbonyl (C=O) groups is 1. The molecule has 0 atom stereocenters. The zero-order valence-corrected chi connectivity index (χ0v) is 15.7. The van der Waals surface area contributed by atoms with Crippen molar-refractivity contribution in [1.82, 2.24) is 9.88 Å². The third-order valence-corrected chi connectivity index (χ3v) is 4.77. The Morgan fingerprint density at radius 2 is 1.64 bits per heavy atom. The average molecular weight is 373 g/mol. The van der Waals surface area contributed by atoms with Gasteiger partial charge in [-0.3, -0.25) is 4.79 Å². The van der Waals surface area contributed by atoms with Crippen LogP contribution in [0.1, 0.15) is 28.9 Å². The van der Waals surface area contributed by atoms with Gasteiger partial charge in [-0.1, -0.05) is 30.3 Å². The highest BCUT2D eigenvalue weighted by molar-refractivity contribution is 5.92. The molecule has 1 amide bonds. The van der Waals surface area contributed by atoms with Gasteiger partial charge in [0.05, 0.1) is 11.9 Å². The van der Waals surface area contributed by atoms with E-state index >= 15 is 0 Å². The molecule has 2 heterocycles. The van der Waals surface area contributed by atoms with Crippen molar-refractivity contribution in [2.45, 2.75) is 19.4 Å². The van der Waals surface area contributed by atoms with Crippen molar-refractivity contribution in [3.8, 4) is 5.75 Å². The molecule has 0 radical (unpaired) electrons. The Balaban J connectivity index is 1.33. The van der Waals surface area contributed by atoms with Gasteiger partial charge in [0, 0.05) is 18.8 Å². The molecule has 3 aromatic rings. The van der Waals surface area contributed by atoms with Crippen LogP contribution in [0.15, 0.2) is 72.9 Å². The summed E-state index contributed by atoms with van der Waals surface area (Å²) in [6, 6.07) is 21.5. The maximum atomic E-state index is 12.3. The van der Waals surface area contributed by atoms with Crippen LogP contribution in [0.25, 0.3) is 0 Å². The maximum absolute atomic E-state index is 12.3. The molecule has 1 aliphatic heterocycles. The van der Waals surface area contributed by atoms with Crippen LogP contribution < -0.4 is 10.1 Å². The van der Waals surface area contributed by atoms with Crippen LogP contribution in [0.4, 0.5) is 11.4 Å². The lowest BCUT2D eigenvalue weighted by Crippen LogP contribution is -2.28. The van der Waals surface area contributed by atoms with E-state index in [-0.39, 0.29) is 5.91 Å². The summed E-state index contributed by atoms with van der Waals surface area (Å²) in [5.74, 6) is 0.836. The van der Waals surface area contributed by atoms with Gasteiger partial charge in [-0.2, -0.15) is 0 Å². The molecule has 2 aromatic carbocycles. The zero-order valence-electron chi connectivity index (χ0n) is 15.7. The van der Waals surface area contributed by atoms with E-state index in [1.54, 1.807) is 12.3 Å². The van der Waals surface area contributed by atoms with E-state index < -0.39 is 0 Å². The van der Waals surface area contributed by atoms with Crippen LogP contribution in [0.2, 0.25) is 0 Å². The van der Waals surface area contributed by atoms with E-state index in [9.17, 15) is 4.79 Å². The number of hydrogen-bond donors (Lipinski definition) is 1. The molecule has 4 rings (SSSR count). The van der Waals surface area contributed by atoms with E-state index in [1.807, 2.05) is 65.6 Å². The molecule has 0 spiro atoms. The minimum atomic E-state index is 0.0176. The number of anilines is 2. The Bertz CT molecular complexity index is 903. The number of amides is 1.